The van der Waals surface area contributed by atoms with Crippen molar-refractivity contribution in [3.05, 3.63) is 89.7 Å². The molecule has 0 bridgehead atoms. The lowest BCUT2D eigenvalue weighted by Crippen LogP contribution is -2.34. The fourth-order valence-corrected chi connectivity index (χ4v) is 5.03. The maximum absolute atomic E-state index is 13.3. The van der Waals surface area contributed by atoms with Crippen molar-refractivity contribution in [1.82, 2.24) is 9.71 Å². The van der Waals surface area contributed by atoms with Gasteiger partial charge in [0.25, 0.3) is 0 Å². The Balaban J connectivity index is 1.70. The summed E-state index contributed by atoms with van der Waals surface area (Å²) in [6.07, 6.45) is 3.20. The number of rotatable bonds is 5. The van der Waals surface area contributed by atoms with Crippen molar-refractivity contribution >= 4 is 21.6 Å². The molecule has 3 aromatic rings. The number of carbonyl (C=O) groups excluding carboxylic acids is 1. The first-order valence-electron chi connectivity index (χ1n) is 9.85. The van der Waals surface area contributed by atoms with E-state index in [2.05, 4.69) is 9.71 Å². The van der Waals surface area contributed by atoms with E-state index >= 15 is 0 Å². The zero-order chi connectivity index (χ0) is 21.1. The van der Waals surface area contributed by atoms with Crippen molar-refractivity contribution in [2.24, 2.45) is 0 Å². The first-order chi connectivity index (χ1) is 14.5. The first-order valence-corrected chi connectivity index (χ1v) is 11.3. The Morgan fingerprint density at radius 3 is 2.53 bits per heavy atom. The summed E-state index contributed by atoms with van der Waals surface area (Å²) in [4.78, 5) is 18.1. The van der Waals surface area contributed by atoms with E-state index in [1.165, 1.54) is 6.92 Å². The second kappa shape index (κ2) is 8.38. The lowest BCUT2D eigenvalue weighted by atomic mass is 10.0. The van der Waals surface area contributed by atoms with Crippen LogP contribution in [0.2, 0.25) is 0 Å². The van der Waals surface area contributed by atoms with Gasteiger partial charge in [-0.2, -0.15) is 4.72 Å². The number of anilines is 1. The van der Waals surface area contributed by atoms with Crippen molar-refractivity contribution in [3.8, 4) is 0 Å². The highest BCUT2D eigenvalue weighted by atomic mass is 32.2. The molecule has 1 N–H and O–H groups in total. The summed E-state index contributed by atoms with van der Waals surface area (Å²) in [6, 6.07) is 19.2. The maximum atomic E-state index is 13.3. The maximum Gasteiger partial charge on any atom is 0.241 e. The molecule has 1 aliphatic heterocycles. The zero-order valence-corrected chi connectivity index (χ0v) is 17.5. The third-order valence-electron chi connectivity index (χ3n) is 5.25. The van der Waals surface area contributed by atoms with Crippen molar-refractivity contribution in [2.75, 3.05) is 11.4 Å². The number of sulfonamides is 1. The predicted octanol–water partition coefficient (Wildman–Crippen LogP) is 3.45. The average molecular weight is 422 g/mol. The molecule has 0 spiro atoms. The van der Waals surface area contributed by atoms with Gasteiger partial charge in [0, 0.05) is 25.4 Å². The Morgan fingerprint density at radius 2 is 1.83 bits per heavy atom. The number of aromatic nitrogens is 1. The van der Waals surface area contributed by atoms with Gasteiger partial charge in [-0.05, 0) is 54.3 Å². The van der Waals surface area contributed by atoms with Crippen LogP contribution in [0.25, 0.3) is 0 Å². The Bertz CT molecular complexity index is 1110. The van der Waals surface area contributed by atoms with Gasteiger partial charge in [-0.3, -0.25) is 9.78 Å². The van der Waals surface area contributed by atoms with Gasteiger partial charge in [0.05, 0.1) is 16.6 Å². The van der Waals surface area contributed by atoms with Gasteiger partial charge in [0.2, 0.25) is 15.9 Å². The van der Waals surface area contributed by atoms with Crippen LogP contribution >= 0.6 is 0 Å². The normalized spacial score (nSPS) is 14.8. The molecule has 1 unspecified atom stereocenters. The zero-order valence-electron chi connectivity index (χ0n) is 16.7. The standard InChI is InChI=1S/C23H23N3O3S/c1-17(27)26-15-7-10-19-16-20(12-13-22(19)26)30(28,29)25-23(18-8-3-2-4-9-18)21-11-5-6-14-24-21/h2-6,8-9,11-14,16,23,25H,7,10,15H2,1H3. The SMILES string of the molecule is CC(=O)N1CCCc2cc(S(=O)(=O)NC(c3ccccc3)c3ccccn3)ccc21. The molecule has 1 aromatic heterocycles. The van der Waals surface area contributed by atoms with E-state index in [1.807, 2.05) is 36.4 Å². The van der Waals surface area contributed by atoms with Crippen molar-refractivity contribution in [2.45, 2.75) is 30.7 Å². The molecule has 7 heteroatoms. The molecule has 2 heterocycles. The van der Waals surface area contributed by atoms with E-state index in [-0.39, 0.29) is 10.8 Å². The molecule has 0 radical (unpaired) electrons. The van der Waals surface area contributed by atoms with Crippen molar-refractivity contribution < 1.29 is 13.2 Å². The summed E-state index contributed by atoms with van der Waals surface area (Å²) in [6.45, 7) is 2.18. The number of nitrogens with one attached hydrogen (secondary N) is 1. The van der Waals surface area contributed by atoms with Gasteiger partial charge >= 0.3 is 0 Å². The average Bonchev–Trinajstić information content (AvgIpc) is 2.78. The summed E-state index contributed by atoms with van der Waals surface area (Å²) >= 11 is 0. The van der Waals surface area contributed by atoms with Gasteiger partial charge in [-0.15, -0.1) is 0 Å². The minimum atomic E-state index is -3.82. The van der Waals surface area contributed by atoms with Crippen molar-refractivity contribution in [1.29, 1.82) is 0 Å². The lowest BCUT2D eigenvalue weighted by Gasteiger charge is -2.29. The summed E-state index contributed by atoms with van der Waals surface area (Å²) in [5.74, 6) is -0.0380. The molecule has 1 amide bonds. The van der Waals surface area contributed by atoms with Crippen LogP contribution in [-0.2, 0) is 21.2 Å². The fraction of sp³-hybridized carbons (Fsp3) is 0.217. The largest absolute Gasteiger partial charge is 0.312 e. The monoisotopic (exact) mass is 421 g/mol. The predicted molar refractivity (Wildman–Crippen MR) is 116 cm³/mol. The molecule has 2 aromatic carbocycles. The quantitative estimate of drug-likeness (QED) is 0.684. The van der Waals surface area contributed by atoms with Gasteiger partial charge in [-0.25, -0.2) is 8.42 Å². The first kappa shape index (κ1) is 20.3. The van der Waals surface area contributed by atoms with Crippen LogP contribution in [0, 0.1) is 0 Å². The van der Waals surface area contributed by atoms with Gasteiger partial charge in [-0.1, -0.05) is 36.4 Å². The number of hydrogen-bond acceptors (Lipinski definition) is 4. The van der Waals surface area contributed by atoms with Crippen LogP contribution < -0.4 is 9.62 Å². The number of nitrogens with zero attached hydrogens (tertiary/aromatic N) is 2. The number of aryl methyl sites for hydroxylation is 1. The molecule has 0 fully saturated rings. The molecule has 30 heavy (non-hydrogen) atoms. The number of carbonyl (C=O) groups is 1. The summed E-state index contributed by atoms with van der Waals surface area (Å²) in [5.41, 5.74) is 3.08. The highest BCUT2D eigenvalue weighted by molar-refractivity contribution is 7.89. The summed E-state index contributed by atoms with van der Waals surface area (Å²) in [5, 5.41) is 0. The van der Waals surface area contributed by atoms with Crippen LogP contribution in [0.15, 0.2) is 77.8 Å². The Labute approximate surface area is 176 Å². The van der Waals surface area contributed by atoms with Crippen LogP contribution in [0.3, 0.4) is 0 Å². The van der Waals surface area contributed by atoms with E-state index in [1.54, 1.807) is 41.4 Å². The molecule has 4 rings (SSSR count). The third-order valence-corrected chi connectivity index (χ3v) is 6.67. The van der Waals surface area contributed by atoms with E-state index in [0.29, 0.717) is 12.2 Å². The smallest absolute Gasteiger partial charge is 0.241 e. The summed E-state index contributed by atoms with van der Waals surface area (Å²) < 4.78 is 29.4. The topological polar surface area (TPSA) is 79.4 Å². The van der Waals surface area contributed by atoms with Gasteiger partial charge in [0.15, 0.2) is 0 Å². The van der Waals surface area contributed by atoms with E-state index in [9.17, 15) is 13.2 Å². The van der Waals surface area contributed by atoms with Gasteiger partial charge in [0.1, 0.15) is 0 Å². The molecule has 0 aliphatic carbocycles. The number of benzene rings is 2. The molecule has 1 atom stereocenters. The van der Waals surface area contributed by atoms with Gasteiger partial charge < -0.3 is 4.90 Å². The number of hydrogen-bond donors (Lipinski definition) is 1. The van der Waals surface area contributed by atoms with Crippen LogP contribution in [-0.4, -0.2) is 25.9 Å². The Hall–Kier alpha value is -3.03. The van der Waals surface area contributed by atoms with Crippen molar-refractivity contribution in [3.63, 3.8) is 0 Å². The van der Waals surface area contributed by atoms with Crippen LogP contribution in [0.4, 0.5) is 5.69 Å². The Kier molecular flexibility index (Phi) is 5.65. The second-order valence-corrected chi connectivity index (χ2v) is 9.00. The van der Waals surface area contributed by atoms with E-state index < -0.39 is 16.1 Å². The third kappa shape index (κ3) is 4.13. The highest BCUT2D eigenvalue weighted by Gasteiger charge is 2.26. The van der Waals surface area contributed by atoms with Crippen LogP contribution in [0.1, 0.15) is 36.2 Å². The number of fused-ring (bicyclic) bond motifs is 1. The minimum absolute atomic E-state index is 0.0380. The number of pyridine rings is 1. The molecular weight excluding hydrogens is 398 g/mol. The van der Waals surface area contributed by atoms with E-state index in [0.717, 1.165) is 29.7 Å². The molecule has 1 aliphatic rings. The van der Waals surface area contributed by atoms with Crippen LogP contribution in [0.5, 0.6) is 0 Å². The second-order valence-electron chi connectivity index (χ2n) is 7.28. The number of amides is 1. The van der Waals surface area contributed by atoms with E-state index in [4.69, 9.17) is 0 Å². The molecule has 0 saturated heterocycles. The molecule has 0 saturated carbocycles. The Morgan fingerprint density at radius 1 is 1.07 bits per heavy atom. The lowest BCUT2D eigenvalue weighted by molar-refractivity contribution is -0.116. The molecule has 6 nitrogen and oxygen atoms in total. The fourth-order valence-electron chi connectivity index (χ4n) is 3.78. The summed E-state index contributed by atoms with van der Waals surface area (Å²) in [7, 11) is -3.82. The molecular formula is C23H23N3O3S. The molecule has 154 valence electrons. The minimum Gasteiger partial charge on any atom is -0.312 e. The highest BCUT2D eigenvalue weighted by Crippen LogP contribution is 2.30.